The van der Waals surface area contributed by atoms with Crippen molar-refractivity contribution in [2.24, 2.45) is 4.99 Å². The van der Waals surface area contributed by atoms with Crippen molar-refractivity contribution in [1.29, 1.82) is 0 Å². The second-order valence-electron chi connectivity index (χ2n) is 8.47. The van der Waals surface area contributed by atoms with Gasteiger partial charge in [0.15, 0.2) is 4.80 Å². The zero-order valence-corrected chi connectivity index (χ0v) is 23.0. The lowest BCUT2D eigenvalue weighted by Gasteiger charge is -2.25. The van der Waals surface area contributed by atoms with E-state index in [1.165, 1.54) is 17.7 Å². The van der Waals surface area contributed by atoms with E-state index < -0.39 is 16.9 Å². The molecule has 0 fully saturated rings. The number of thiazole rings is 1. The second-order valence-corrected chi connectivity index (χ2v) is 10.3. The Labute approximate surface area is 224 Å². The summed E-state index contributed by atoms with van der Waals surface area (Å²) in [5.74, 6) is -0.429. The van der Waals surface area contributed by atoms with Crippen molar-refractivity contribution in [3.05, 3.63) is 99.1 Å². The number of esters is 1. The first-order chi connectivity index (χ1) is 17.7. The smallest absolute Gasteiger partial charge is 0.338 e. The number of carbonyl (C=O) groups is 1. The van der Waals surface area contributed by atoms with Crippen molar-refractivity contribution < 1.29 is 19.2 Å². The summed E-state index contributed by atoms with van der Waals surface area (Å²) in [5.41, 5.74) is 1.45. The SMILES string of the molecule is CCC1=C(C(=O)OC)[C@@H](c2ccccc2)n2c(s/c(=C/c3cc(Br)c(OC(C)C)c([N+](=O)[O-])c3)c2=O)=N1. The Morgan fingerprint density at radius 3 is 2.59 bits per heavy atom. The molecule has 0 amide bonds. The summed E-state index contributed by atoms with van der Waals surface area (Å²) < 4.78 is 12.9. The van der Waals surface area contributed by atoms with Gasteiger partial charge < -0.3 is 9.47 Å². The first kappa shape index (κ1) is 26.5. The molecule has 0 aliphatic carbocycles. The lowest BCUT2D eigenvalue weighted by Crippen LogP contribution is -2.40. The summed E-state index contributed by atoms with van der Waals surface area (Å²) in [5, 5.41) is 11.7. The Kier molecular flexibility index (Phi) is 7.74. The predicted octanol–water partition coefficient (Wildman–Crippen LogP) is 4.26. The van der Waals surface area contributed by atoms with Gasteiger partial charge in [-0.15, -0.1) is 0 Å². The molecule has 0 bridgehead atoms. The maximum Gasteiger partial charge on any atom is 0.338 e. The number of halogens is 1. The van der Waals surface area contributed by atoms with E-state index in [-0.39, 0.29) is 23.1 Å². The molecule has 1 aliphatic heterocycles. The molecule has 2 aromatic carbocycles. The van der Waals surface area contributed by atoms with Crippen LogP contribution < -0.4 is 19.6 Å². The molecule has 3 aromatic rings. The fourth-order valence-corrected chi connectivity index (χ4v) is 5.72. The van der Waals surface area contributed by atoms with E-state index in [0.29, 0.717) is 37.1 Å². The molecule has 1 atom stereocenters. The van der Waals surface area contributed by atoms with E-state index in [9.17, 15) is 19.7 Å². The highest BCUT2D eigenvalue weighted by Crippen LogP contribution is 2.37. The van der Waals surface area contributed by atoms with Crippen molar-refractivity contribution in [2.75, 3.05) is 7.11 Å². The molecular weight excluding hydrogens is 562 g/mol. The minimum atomic E-state index is -0.718. The van der Waals surface area contributed by atoms with Crippen LogP contribution in [0.25, 0.3) is 6.08 Å². The zero-order chi connectivity index (χ0) is 26.9. The highest BCUT2D eigenvalue weighted by molar-refractivity contribution is 9.10. The van der Waals surface area contributed by atoms with E-state index in [4.69, 9.17) is 9.47 Å². The van der Waals surface area contributed by atoms with Gasteiger partial charge in [0.25, 0.3) is 5.56 Å². The van der Waals surface area contributed by atoms with E-state index in [1.54, 1.807) is 26.0 Å². The summed E-state index contributed by atoms with van der Waals surface area (Å²) in [6.07, 6.45) is 1.78. The first-order valence-electron chi connectivity index (χ1n) is 11.5. The summed E-state index contributed by atoms with van der Waals surface area (Å²) in [6.45, 7) is 5.44. The molecule has 2 heterocycles. The number of hydrogen-bond donors (Lipinski definition) is 0. The van der Waals surface area contributed by atoms with E-state index >= 15 is 0 Å². The number of allylic oxidation sites excluding steroid dienone is 1. The first-order valence-corrected chi connectivity index (χ1v) is 13.1. The van der Waals surface area contributed by atoms with Crippen LogP contribution in [-0.4, -0.2) is 28.7 Å². The number of fused-ring (bicyclic) bond motifs is 1. The molecule has 0 unspecified atom stereocenters. The molecule has 11 heteroatoms. The molecule has 0 radical (unpaired) electrons. The number of hydrogen-bond acceptors (Lipinski definition) is 8. The van der Waals surface area contributed by atoms with Crippen molar-refractivity contribution in [2.45, 2.75) is 39.3 Å². The summed E-state index contributed by atoms with van der Waals surface area (Å²) in [6, 6.07) is 11.5. The zero-order valence-electron chi connectivity index (χ0n) is 20.6. The van der Waals surface area contributed by atoms with Crippen LogP contribution >= 0.6 is 27.3 Å². The van der Waals surface area contributed by atoms with Gasteiger partial charge in [-0.3, -0.25) is 19.5 Å². The molecule has 192 valence electrons. The lowest BCUT2D eigenvalue weighted by molar-refractivity contribution is -0.386. The topological polar surface area (TPSA) is 113 Å². The second kappa shape index (κ2) is 10.8. The van der Waals surface area contributed by atoms with Gasteiger partial charge in [0.05, 0.1) is 44.5 Å². The molecule has 1 aliphatic rings. The summed E-state index contributed by atoms with van der Waals surface area (Å²) in [7, 11) is 1.30. The summed E-state index contributed by atoms with van der Waals surface area (Å²) in [4.78, 5) is 42.8. The van der Waals surface area contributed by atoms with Gasteiger partial charge in [0, 0.05) is 6.07 Å². The van der Waals surface area contributed by atoms with Gasteiger partial charge in [0.1, 0.15) is 0 Å². The fraction of sp³-hybridized carbons (Fsp3) is 0.269. The average molecular weight is 586 g/mol. The van der Waals surface area contributed by atoms with Crippen LogP contribution in [0.15, 0.2) is 68.0 Å². The van der Waals surface area contributed by atoms with Gasteiger partial charge in [-0.05, 0) is 59.5 Å². The molecule has 0 N–H and O–H groups in total. The Balaban J connectivity index is 1.96. The molecule has 0 saturated carbocycles. The quantitative estimate of drug-likeness (QED) is 0.232. The third kappa shape index (κ3) is 5.14. The number of ether oxygens (including phenoxy) is 2. The van der Waals surface area contributed by atoms with Gasteiger partial charge in [-0.1, -0.05) is 48.6 Å². The highest BCUT2D eigenvalue weighted by atomic mass is 79.9. The minimum absolute atomic E-state index is 0.123. The maximum atomic E-state index is 13.7. The Hall–Kier alpha value is -3.57. The van der Waals surface area contributed by atoms with Gasteiger partial charge in [0.2, 0.25) is 5.75 Å². The molecule has 9 nitrogen and oxygen atoms in total. The molecule has 0 saturated heterocycles. The fourth-order valence-electron chi connectivity index (χ4n) is 4.14. The number of methoxy groups -OCH3 is 1. The molecular formula is C26H24BrN3O6S. The normalized spacial score (nSPS) is 15.4. The Bertz CT molecular complexity index is 1590. The largest absolute Gasteiger partial charge is 0.483 e. The monoisotopic (exact) mass is 585 g/mol. The number of nitro benzene ring substituents is 1. The number of rotatable bonds is 7. The third-order valence-electron chi connectivity index (χ3n) is 5.66. The van der Waals surface area contributed by atoms with E-state index in [0.717, 1.165) is 16.9 Å². The van der Waals surface area contributed by atoms with Crippen LogP contribution in [0.5, 0.6) is 5.75 Å². The standard InChI is InChI=1S/C26H24BrN3O6S/c1-5-18-21(25(32)35-4)22(16-9-7-6-8-10-16)29-24(31)20(37-26(29)28-18)13-15-11-17(27)23(36-14(2)3)19(12-15)30(33)34/h6-14,22H,5H2,1-4H3/b20-13+/t22-/m1/s1. The third-order valence-corrected chi connectivity index (χ3v) is 7.23. The molecule has 37 heavy (non-hydrogen) atoms. The van der Waals surface area contributed by atoms with Crippen LogP contribution in [0.3, 0.4) is 0 Å². The van der Waals surface area contributed by atoms with Crippen LogP contribution in [0.2, 0.25) is 0 Å². The van der Waals surface area contributed by atoms with Crippen LogP contribution in [0, 0.1) is 10.1 Å². The van der Waals surface area contributed by atoms with Crippen molar-refractivity contribution >= 4 is 45.0 Å². The molecule has 0 spiro atoms. The maximum absolute atomic E-state index is 13.7. The average Bonchev–Trinajstić information content (AvgIpc) is 3.18. The lowest BCUT2D eigenvalue weighted by atomic mass is 9.95. The Morgan fingerprint density at radius 1 is 1.30 bits per heavy atom. The number of nitro groups is 1. The van der Waals surface area contributed by atoms with Gasteiger partial charge >= 0.3 is 11.7 Å². The van der Waals surface area contributed by atoms with Crippen LogP contribution in [0.1, 0.15) is 44.4 Å². The molecule has 1 aromatic heterocycles. The number of carbonyl (C=O) groups excluding carboxylic acids is 1. The van der Waals surface area contributed by atoms with Gasteiger partial charge in [-0.2, -0.15) is 0 Å². The van der Waals surface area contributed by atoms with Crippen molar-refractivity contribution in [3.8, 4) is 5.75 Å². The predicted molar refractivity (Wildman–Crippen MR) is 143 cm³/mol. The summed E-state index contributed by atoms with van der Waals surface area (Å²) >= 11 is 4.52. The van der Waals surface area contributed by atoms with Crippen molar-refractivity contribution in [3.63, 3.8) is 0 Å². The minimum Gasteiger partial charge on any atom is -0.483 e. The number of aromatic nitrogens is 1. The van der Waals surface area contributed by atoms with E-state index in [2.05, 4.69) is 20.9 Å². The van der Waals surface area contributed by atoms with Crippen LogP contribution in [0.4, 0.5) is 5.69 Å². The van der Waals surface area contributed by atoms with Crippen LogP contribution in [-0.2, 0) is 9.53 Å². The Morgan fingerprint density at radius 2 is 2.00 bits per heavy atom. The van der Waals surface area contributed by atoms with E-state index in [1.807, 2.05) is 37.3 Å². The molecule has 4 rings (SSSR count). The highest BCUT2D eigenvalue weighted by Gasteiger charge is 2.33. The van der Waals surface area contributed by atoms with Gasteiger partial charge in [-0.25, -0.2) is 9.79 Å². The number of benzene rings is 2. The van der Waals surface area contributed by atoms with Crippen molar-refractivity contribution in [1.82, 2.24) is 4.57 Å². The number of nitrogens with zero attached hydrogens (tertiary/aromatic N) is 3.